The highest BCUT2D eigenvalue weighted by Crippen LogP contribution is 2.41. The molecule has 0 aliphatic carbocycles. The van der Waals surface area contributed by atoms with Gasteiger partial charge in [-0.05, 0) is 60.2 Å². The van der Waals surface area contributed by atoms with E-state index in [4.69, 9.17) is 9.16 Å². The van der Waals surface area contributed by atoms with Crippen LogP contribution in [0, 0.1) is 6.92 Å². The van der Waals surface area contributed by atoms with Crippen molar-refractivity contribution in [3.05, 3.63) is 63.6 Å². The number of rotatable bonds is 8. The van der Waals surface area contributed by atoms with Gasteiger partial charge in [-0.2, -0.15) is 0 Å². The van der Waals surface area contributed by atoms with Crippen molar-refractivity contribution < 1.29 is 9.16 Å². The molecule has 2 aromatic carbocycles. The van der Waals surface area contributed by atoms with Crippen LogP contribution in [0.25, 0.3) is 0 Å². The first-order valence-electron chi connectivity index (χ1n) is 10.4. The van der Waals surface area contributed by atoms with Crippen molar-refractivity contribution >= 4 is 24.2 Å². The van der Waals surface area contributed by atoms with Crippen molar-refractivity contribution in [1.29, 1.82) is 0 Å². The van der Waals surface area contributed by atoms with Crippen LogP contribution in [0.3, 0.4) is 0 Å². The molecule has 0 radical (unpaired) electrons. The van der Waals surface area contributed by atoms with Crippen molar-refractivity contribution in [2.75, 3.05) is 6.61 Å². The number of hydrogen-bond acceptors (Lipinski definition) is 2. The zero-order chi connectivity index (χ0) is 21.9. The van der Waals surface area contributed by atoms with Crippen LogP contribution in [0.15, 0.2) is 46.9 Å². The molecule has 0 spiro atoms. The quantitative estimate of drug-likeness (QED) is 0.358. The summed E-state index contributed by atoms with van der Waals surface area (Å²) >= 11 is 3.64. The topological polar surface area (TPSA) is 18.5 Å². The van der Waals surface area contributed by atoms with Gasteiger partial charge in [0, 0.05) is 16.6 Å². The van der Waals surface area contributed by atoms with E-state index in [1.165, 1.54) is 16.7 Å². The van der Waals surface area contributed by atoms with Gasteiger partial charge in [0.2, 0.25) is 0 Å². The number of hydrogen-bond donors (Lipinski definition) is 0. The lowest BCUT2D eigenvalue weighted by Gasteiger charge is -2.37. The van der Waals surface area contributed by atoms with Crippen LogP contribution in [0.1, 0.15) is 57.7 Å². The first-order valence-corrected chi connectivity index (χ1v) is 14.1. The Morgan fingerprint density at radius 1 is 0.966 bits per heavy atom. The van der Waals surface area contributed by atoms with Gasteiger partial charge >= 0.3 is 0 Å². The normalized spacial score (nSPS) is 12.9. The first kappa shape index (κ1) is 24.2. The lowest BCUT2D eigenvalue weighted by atomic mass is 9.79. The summed E-state index contributed by atoms with van der Waals surface area (Å²) in [7, 11) is -1.74. The van der Waals surface area contributed by atoms with E-state index < -0.39 is 8.32 Å². The van der Waals surface area contributed by atoms with Crippen molar-refractivity contribution in [1.82, 2.24) is 0 Å². The van der Waals surface area contributed by atoms with Crippen molar-refractivity contribution in [3.63, 3.8) is 0 Å². The van der Waals surface area contributed by atoms with E-state index in [1.54, 1.807) is 0 Å². The van der Waals surface area contributed by atoms with Crippen LogP contribution < -0.4 is 4.74 Å². The highest BCUT2D eigenvalue weighted by atomic mass is 79.9. The number of ether oxygens (including phenoxy) is 1. The van der Waals surface area contributed by atoms with Gasteiger partial charge in [-0.25, -0.2) is 0 Å². The van der Waals surface area contributed by atoms with Crippen LogP contribution in [0.5, 0.6) is 5.75 Å². The standard InChI is InChI=1S/C25H37BrO2Si/c1-19-16-21(26)17-22(27-18-20-12-10-9-11-13-20)23(19)25(5,6)14-15-28-29(7,8)24(2,3)4/h9-13,16-17H,14-15,18H2,1-8H3. The molecule has 0 fully saturated rings. The zero-order valence-corrected chi connectivity index (χ0v) is 21.9. The van der Waals surface area contributed by atoms with E-state index in [0.29, 0.717) is 6.61 Å². The highest BCUT2D eigenvalue weighted by Gasteiger charge is 2.37. The Morgan fingerprint density at radius 2 is 1.59 bits per heavy atom. The largest absolute Gasteiger partial charge is 0.489 e. The van der Waals surface area contributed by atoms with Gasteiger partial charge in [-0.1, -0.05) is 80.9 Å². The maximum absolute atomic E-state index is 6.47. The molecule has 0 heterocycles. The Hall–Kier alpha value is -1.10. The Bertz CT molecular complexity index is 808. The second-order valence-corrected chi connectivity index (χ2v) is 15.8. The molecule has 29 heavy (non-hydrogen) atoms. The third kappa shape index (κ3) is 6.44. The van der Waals surface area contributed by atoms with E-state index in [0.717, 1.165) is 23.2 Å². The number of benzene rings is 2. The highest BCUT2D eigenvalue weighted by molar-refractivity contribution is 9.10. The fourth-order valence-electron chi connectivity index (χ4n) is 3.33. The molecule has 0 bridgehead atoms. The zero-order valence-electron chi connectivity index (χ0n) is 19.4. The predicted octanol–water partition coefficient (Wildman–Crippen LogP) is 8.03. The van der Waals surface area contributed by atoms with Crippen LogP contribution >= 0.6 is 15.9 Å². The molecular weight excluding hydrogens is 440 g/mol. The Morgan fingerprint density at radius 3 is 2.17 bits per heavy atom. The maximum Gasteiger partial charge on any atom is 0.191 e. The van der Waals surface area contributed by atoms with Crippen molar-refractivity contribution in [2.24, 2.45) is 0 Å². The van der Waals surface area contributed by atoms with Gasteiger partial charge in [0.25, 0.3) is 0 Å². The van der Waals surface area contributed by atoms with Gasteiger partial charge in [0.15, 0.2) is 8.32 Å². The number of aryl methyl sites for hydroxylation is 1. The molecule has 160 valence electrons. The van der Waals surface area contributed by atoms with Crippen LogP contribution in [0.4, 0.5) is 0 Å². The van der Waals surface area contributed by atoms with Crippen LogP contribution in [-0.4, -0.2) is 14.9 Å². The molecule has 0 amide bonds. The van der Waals surface area contributed by atoms with Gasteiger partial charge in [-0.3, -0.25) is 0 Å². The SMILES string of the molecule is Cc1cc(Br)cc(OCc2ccccc2)c1C(C)(C)CCO[Si](C)(C)C(C)(C)C. The second kappa shape index (κ2) is 9.36. The first-order chi connectivity index (χ1) is 13.3. The molecule has 0 N–H and O–H groups in total. The van der Waals surface area contributed by atoms with E-state index in [-0.39, 0.29) is 10.5 Å². The second-order valence-electron chi connectivity index (χ2n) is 10.1. The molecule has 0 unspecified atom stereocenters. The summed E-state index contributed by atoms with van der Waals surface area (Å²) in [5.74, 6) is 0.957. The maximum atomic E-state index is 6.47. The van der Waals surface area contributed by atoms with Crippen molar-refractivity contribution in [2.45, 2.75) is 78.1 Å². The minimum absolute atomic E-state index is 0.0425. The van der Waals surface area contributed by atoms with E-state index in [1.807, 2.05) is 18.2 Å². The van der Waals surface area contributed by atoms with Gasteiger partial charge in [0.1, 0.15) is 12.4 Å². The van der Waals surface area contributed by atoms with Gasteiger partial charge in [0.05, 0.1) is 0 Å². The number of halogens is 1. The molecule has 2 rings (SSSR count). The summed E-state index contributed by atoms with van der Waals surface area (Å²) in [6.45, 7) is 19.6. The van der Waals surface area contributed by atoms with Crippen LogP contribution in [-0.2, 0) is 16.4 Å². The molecule has 0 saturated carbocycles. The molecule has 0 aliphatic rings. The molecule has 2 aromatic rings. The van der Waals surface area contributed by atoms with Gasteiger partial charge in [-0.15, -0.1) is 0 Å². The molecule has 0 saturated heterocycles. The Balaban J connectivity index is 2.20. The fourth-order valence-corrected chi connectivity index (χ4v) is 4.93. The molecule has 4 heteroatoms. The lowest BCUT2D eigenvalue weighted by molar-refractivity contribution is 0.244. The predicted molar refractivity (Wildman–Crippen MR) is 130 cm³/mol. The fraction of sp³-hybridized carbons (Fsp3) is 0.520. The Labute approximate surface area is 187 Å². The monoisotopic (exact) mass is 476 g/mol. The molecule has 0 aromatic heterocycles. The summed E-state index contributed by atoms with van der Waals surface area (Å²) in [4.78, 5) is 0. The summed E-state index contributed by atoms with van der Waals surface area (Å²) in [6.07, 6.45) is 0.962. The Kier molecular flexibility index (Phi) is 7.80. The average molecular weight is 478 g/mol. The third-order valence-corrected chi connectivity index (χ3v) is 11.2. The van der Waals surface area contributed by atoms with E-state index in [2.05, 4.69) is 94.8 Å². The summed E-state index contributed by atoms with van der Waals surface area (Å²) < 4.78 is 13.8. The molecular formula is C25H37BrO2Si. The van der Waals surface area contributed by atoms with Crippen molar-refractivity contribution in [3.8, 4) is 5.75 Å². The molecule has 2 nitrogen and oxygen atoms in total. The van der Waals surface area contributed by atoms with E-state index >= 15 is 0 Å². The summed E-state index contributed by atoms with van der Waals surface area (Å²) in [6, 6.07) is 14.6. The molecule has 0 atom stereocenters. The lowest BCUT2D eigenvalue weighted by Crippen LogP contribution is -2.41. The van der Waals surface area contributed by atoms with E-state index in [9.17, 15) is 0 Å². The minimum atomic E-state index is -1.74. The average Bonchev–Trinajstić information content (AvgIpc) is 2.58. The van der Waals surface area contributed by atoms with Gasteiger partial charge < -0.3 is 9.16 Å². The minimum Gasteiger partial charge on any atom is -0.489 e. The summed E-state index contributed by atoms with van der Waals surface area (Å²) in [5, 5.41) is 0.231. The third-order valence-electron chi connectivity index (χ3n) is 6.17. The summed E-state index contributed by atoms with van der Waals surface area (Å²) in [5.41, 5.74) is 3.66. The molecule has 0 aliphatic heterocycles. The smallest absolute Gasteiger partial charge is 0.191 e. The van der Waals surface area contributed by atoms with Crippen LogP contribution in [0.2, 0.25) is 18.1 Å².